The van der Waals surface area contributed by atoms with Gasteiger partial charge in [-0.25, -0.2) is 4.39 Å². The van der Waals surface area contributed by atoms with Crippen LogP contribution >= 0.6 is 0 Å². The third-order valence-electron chi connectivity index (χ3n) is 3.57. The molecule has 2 rings (SSSR count). The Morgan fingerprint density at radius 3 is 2.83 bits per heavy atom. The van der Waals surface area contributed by atoms with Crippen LogP contribution in [0.15, 0.2) is 18.2 Å². The van der Waals surface area contributed by atoms with E-state index in [4.69, 9.17) is 5.73 Å². The van der Waals surface area contributed by atoms with Crippen LogP contribution in [0.3, 0.4) is 0 Å². The Balaban J connectivity index is 2.09. The molecule has 0 aliphatic heterocycles. The van der Waals surface area contributed by atoms with Crippen LogP contribution in [0.25, 0.3) is 0 Å². The Kier molecular flexibility index (Phi) is 3.97. The van der Waals surface area contributed by atoms with Gasteiger partial charge in [0, 0.05) is 12.1 Å². The van der Waals surface area contributed by atoms with E-state index in [0.717, 1.165) is 25.7 Å². The molecule has 2 atom stereocenters. The molecule has 0 aromatic heterocycles. The van der Waals surface area contributed by atoms with Gasteiger partial charge in [0.2, 0.25) is 0 Å². The summed E-state index contributed by atoms with van der Waals surface area (Å²) in [6.45, 7) is 1.65. The zero-order chi connectivity index (χ0) is 13.1. The van der Waals surface area contributed by atoms with Crippen LogP contribution < -0.4 is 11.1 Å². The molecule has 98 valence electrons. The number of carbonyl (C=O) groups excluding carboxylic acids is 1. The molecule has 0 heterocycles. The van der Waals surface area contributed by atoms with Gasteiger partial charge in [-0.05, 0) is 31.4 Å². The lowest BCUT2D eigenvalue weighted by Gasteiger charge is -2.29. The van der Waals surface area contributed by atoms with E-state index < -0.39 is 5.82 Å². The second kappa shape index (κ2) is 5.48. The lowest BCUT2D eigenvalue weighted by Crippen LogP contribution is -2.49. The summed E-state index contributed by atoms with van der Waals surface area (Å²) in [6.07, 6.45) is 3.96. The van der Waals surface area contributed by atoms with Crippen molar-refractivity contribution in [2.45, 2.75) is 44.7 Å². The predicted octanol–water partition coefficient (Wildman–Crippen LogP) is 2.13. The molecule has 18 heavy (non-hydrogen) atoms. The predicted molar refractivity (Wildman–Crippen MR) is 68.8 cm³/mol. The minimum atomic E-state index is -0.445. The van der Waals surface area contributed by atoms with Crippen LogP contribution in [-0.2, 0) is 0 Å². The normalized spacial score (nSPS) is 23.7. The summed E-state index contributed by atoms with van der Waals surface area (Å²) < 4.78 is 13.8. The maximum Gasteiger partial charge on any atom is 0.254 e. The third-order valence-corrected chi connectivity index (χ3v) is 3.57. The van der Waals surface area contributed by atoms with Crippen LogP contribution in [0.2, 0.25) is 0 Å². The molecule has 3 N–H and O–H groups in total. The van der Waals surface area contributed by atoms with Crippen molar-refractivity contribution in [3.8, 4) is 0 Å². The molecule has 4 heteroatoms. The molecule has 2 unspecified atom stereocenters. The average Bonchev–Trinajstić information content (AvgIpc) is 2.35. The van der Waals surface area contributed by atoms with E-state index in [9.17, 15) is 9.18 Å². The van der Waals surface area contributed by atoms with Gasteiger partial charge < -0.3 is 11.1 Å². The fourth-order valence-electron chi connectivity index (χ4n) is 2.41. The summed E-state index contributed by atoms with van der Waals surface area (Å²) in [4.78, 5) is 12.0. The number of rotatable bonds is 2. The Morgan fingerprint density at radius 1 is 1.39 bits per heavy atom. The summed E-state index contributed by atoms with van der Waals surface area (Å²) in [5.41, 5.74) is 6.55. The monoisotopic (exact) mass is 250 g/mol. The number of nitrogens with one attached hydrogen (secondary N) is 1. The highest BCUT2D eigenvalue weighted by molar-refractivity contribution is 5.94. The highest BCUT2D eigenvalue weighted by Gasteiger charge is 2.24. The van der Waals surface area contributed by atoms with Crippen molar-refractivity contribution in [2.75, 3.05) is 0 Å². The van der Waals surface area contributed by atoms with E-state index in [1.165, 1.54) is 6.07 Å². The van der Waals surface area contributed by atoms with E-state index >= 15 is 0 Å². The Bertz CT molecular complexity index is 447. The second-order valence-electron chi connectivity index (χ2n) is 4.96. The Morgan fingerprint density at radius 2 is 2.11 bits per heavy atom. The lowest BCUT2D eigenvalue weighted by molar-refractivity contribution is 0.0917. The molecule has 0 bridgehead atoms. The molecule has 1 aliphatic rings. The average molecular weight is 250 g/mol. The number of hydrogen-bond acceptors (Lipinski definition) is 2. The first kappa shape index (κ1) is 13.0. The van der Waals surface area contributed by atoms with Crippen LogP contribution in [0, 0.1) is 12.7 Å². The van der Waals surface area contributed by atoms with Gasteiger partial charge in [-0.15, -0.1) is 0 Å². The fourth-order valence-corrected chi connectivity index (χ4v) is 2.41. The minimum absolute atomic E-state index is 0.0180. The standard InChI is InChI=1S/C14H19FN2O/c1-9-5-4-6-10(13(9)15)14(18)17-12-8-3-2-7-11(12)16/h4-6,11-12H,2-3,7-8,16H2,1H3,(H,17,18). The van der Waals surface area contributed by atoms with Gasteiger partial charge in [0.1, 0.15) is 5.82 Å². The molecule has 1 fully saturated rings. The van der Waals surface area contributed by atoms with Crippen LogP contribution in [0.1, 0.15) is 41.6 Å². The first-order chi connectivity index (χ1) is 8.59. The van der Waals surface area contributed by atoms with Crippen LogP contribution in [0.5, 0.6) is 0 Å². The molecule has 1 saturated carbocycles. The lowest BCUT2D eigenvalue weighted by atomic mass is 9.91. The molecule has 0 radical (unpaired) electrons. The molecular formula is C14H19FN2O. The topological polar surface area (TPSA) is 55.1 Å². The first-order valence-corrected chi connectivity index (χ1v) is 6.41. The summed E-state index contributed by atoms with van der Waals surface area (Å²) >= 11 is 0. The molecule has 1 aromatic carbocycles. The third kappa shape index (κ3) is 2.70. The van der Waals surface area contributed by atoms with E-state index in [1.807, 2.05) is 0 Å². The maximum absolute atomic E-state index is 13.8. The Labute approximate surface area is 107 Å². The zero-order valence-electron chi connectivity index (χ0n) is 10.6. The quantitative estimate of drug-likeness (QED) is 0.845. The summed E-state index contributed by atoms with van der Waals surface area (Å²) in [6, 6.07) is 4.79. The second-order valence-corrected chi connectivity index (χ2v) is 4.96. The highest BCUT2D eigenvalue weighted by atomic mass is 19.1. The number of halogens is 1. The van der Waals surface area contributed by atoms with Gasteiger partial charge in [-0.3, -0.25) is 4.79 Å². The molecule has 1 aliphatic carbocycles. The molecule has 0 spiro atoms. The summed E-state index contributed by atoms with van der Waals surface area (Å²) in [5, 5.41) is 2.85. The maximum atomic E-state index is 13.8. The number of amides is 1. The van der Waals surface area contributed by atoms with E-state index in [-0.39, 0.29) is 23.6 Å². The van der Waals surface area contributed by atoms with Crippen molar-refractivity contribution in [3.05, 3.63) is 35.1 Å². The summed E-state index contributed by atoms with van der Waals surface area (Å²) in [7, 11) is 0. The van der Waals surface area contributed by atoms with Gasteiger partial charge in [0.25, 0.3) is 5.91 Å². The number of nitrogens with two attached hydrogens (primary N) is 1. The Hall–Kier alpha value is -1.42. The SMILES string of the molecule is Cc1cccc(C(=O)NC2CCCCC2N)c1F. The smallest absolute Gasteiger partial charge is 0.254 e. The first-order valence-electron chi connectivity index (χ1n) is 6.41. The van der Waals surface area contributed by atoms with Crippen molar-refractivity contribution in [1.29, 1.82) is 0 Å². The van der Waals surface area contributed by atoms with Gasteiger partial charge in [0.15, 0.2) is 0 Å². The number of hydrogen-bond donors (Lipinski definition) is 2. The molecule has 1 amide bonds. The zero-order valence-corrected chi connectivity index (χ0v) is 10.6. The minimum Gasteiger partial charge on any atom is -0.348 e. The van der Waals surface area contributed by atoms with Gasteiger partial charge in [-0.2, -0.15) is 0 Å². The van der Waals surface area contributed by atoms with Crippen LogP contribution in [0.4, 0.5) is 4.39 Å². The van der Waals surface area contributed by atoms with Crippen molar-refractivity contribution >= 4 is 5.91 Å². The number of aryl methyl sites for hydroxylation is 1. The van der Waals surface area contributed by atoms with Crippen LogP contribution in [-0.4, -0.2) is 18.0 Å². The van der Waals surface area contributed by atoms with E-state index in [0.29, 0.717) is 5.56 Å². The van der Waals surface area contributed by atoms with Crippen molar-refractivity contribution in [3.63, 3.8) is 0 Å². The van der Waals surface area contributed by atoms with Crippen molar-refractivity contribution < 1.29 is 9.18 Å². The largest absolute Gasteiger partial charge is 0.348 e. The number of carbonyl (C=O) groups is 1. The molecule has 3 nitrogen and oxygen atoms in total. The van der Waals surface area contributed by atoms with E-state index in [2.05, 4.69) is 5.32 Å². The summed E-state index contributed by atoms with van der Waals surface area (Å²) in [5.74, 6) is -0.807. The van der Waals surface area contributed by atoms with Gasteiger partial charge >= 0.3 is 0 Å². The van der Waals surface area contributed by atoms with Crippen molar-refractivity contribution in [1.82, 2.24) is 5.32 Å². The highest BCUT2D eigenvalue weighted by Crippen LogP contribution is 2.18. The molecule has 1 aromatic rings. The fraction of sp³-hybridized carbons (Fsp3) is 0.500. The molecular weight excluding hydrogens is 231 g/mol. The number of benzene rings is 1. The molecule has 0 saturated heterocycles. The van der Waals surface area contributed by atoms with Crippen molar-refractivity contribution in [2.24, 2.45) is 5.73 Å². The van der Waals surface area contributed by atoms with E-state index in [1.54, 1.807) is 19.1 Å². The van der Waals surface area contributed by atoms with Gasteiger partial charge in [0.05, 0.1) is 5.56 Å². The van der Waals surface area contributed by atoms with Gasteiger partial charge in [-0.1, -0.05) is 25.0 Å².